The number of aromatic nitrogens is 2. The van der Waals surface area contributed by atoms with E-state index in [1.165, 1.54) is 0 Å². The van der Waals surface area contributed by atoms with Crippen LogP contribution in [0, 0.1) is 5.92 Å². The summed E-state index contributed by atoms with van der Waals surface area (Å²) in [7, 11) is 3.22. The van der Waals surface area contributed by atoms with E-state index in [9.17, 15) is 9.59 Å². The van der Waals surface area contributed by atoms with Crippen LogP contribution in [-0.2, 0) is 19.1 Å². The maximum atomic E-state index is 13.7. The molecule has 0 radical (unpaired) electrons. The highest BCUT2D eigenvalue weighted by Gasteiger charge is 2.47. The molecule has 0 bridgehead atoms. The molecule has 0 N–H and O–H groups in total. The van der Waals surface area contributed by atoms with Crippen LogP contribution >= 0.6 is 0 Å². The monoisotopic (exact) mass is 437 g/mol. The topological polar surface area (TPSA) is 82.9 Å². The Bertz CT molecular complexity index is 1110. The maximum absolute atomic E-state index is 13.7. The van der Waals surface area contributed by atoms with Crippen molar-refractivity contribution < 1.29 is 23.8 Å². The highest BCUT2D eigenvalue weighted by Crippen LogP contribution is 2.41. The molecule has 0 fully saturated rings. The SMILES string of the molecule is CCOC(=O)[C@H]1C(=O)N(CCCOC)c2nc3ccccc3n2[C@@H]1c1ccc(OC)cc1. The first kappa shape index (κ1) is 21.8. The Kier molecular flexibility index (Phi) is 6.41. The number of esters is 1. The number of hydrogen-bond donors (Lipinski definition) is 0. The van der Waals surface area contributed by atoms with Crippen molar-refractivity contribution in [3.05, 3.63) is 54.1 Å². The number of methoxy groups -OCH3 is 2. The molecule has 0 spiro atoms. The Labute approximate surface area is 186 Å². The number of carbonyl (C=O) groups is 2. The predicted octanol–water partition coefficient (Wildman–Crippen LogP) is 3.20. The minimum absolute atomic E-state index is 0.194. The zero-order chi connectivity index (χ0) is 22.7. The van der Waals surface area contributed by atoms with Crippen LogP contribution in [0.4, 0.5) is 5.95 Å². The van der Waals surface area contributed by atoms with Gasteiger partial charge in [0.25, 0.3) is 0 Å². The molecule has 2 heterocycles. The van der Waals surface area contributed by atoms with Crippen LogP contribution in [-0.4, -0.2) is 55.4 Å². The van der Waals surface area contributed by atoms with Gasteiger partial charge in [0.15, 0.2) is 5.92 Å². The number of rotatable bonds is 8. The number of imidazole rings is 1. The molecule has 0 unspecified atom stereocenters. The van der Waals surface area contributed by atoms with Gasteiger partial charge in [0, 0.05) is 20.3 Å². The first-order chi connectivity index (χ1) is 15.6. The van der Waals surface area contributed by atoms with Crippen molar-refractivity contribution in [2.45, 2.75) is 19.4 Å². The molecule has 3 aromatic rings. The van der Waals surface area contributed by atoms with E-state index in [2.05, 4.69) is 0 Å². The van der Waals surface area contributed by atoms with Gasteiger partial charge in [-0.25, -0.2) is 4.98 Å². The van der Waals surface area contributed by atoms with Crippen LogP contribution in [0.15, 0.2) is 48.5 Å². The van der Waals surface area contributed by atoms with Crippen LogP contribution in [0.2, 0.25) is 0 Å². The van der Waals surface area contributed by atoms with E-state index in [0.717, 1.165) is 16.6 Å². The molecule has 0 saturated carbocycles. The molecule has 1 aromatic heterocycles. The number of benzene rings is 2. The Morgan fingerprint density at radius 1 is 1.09 bits per heavy atom. The lowest BCUT2D eigenvalue weighted by molar-refractivity contribution is -0.153. The fraction of sp³-hybridized carbons (Fsp3) is 0.375. The van der Waals surface area contributed by atoms with Crippen molar-refractivity contribution in [3.8, 4) is 5.75 Å². The van der Waals surface area contributed by atoms with Gasteiger partial charge in [-0.15, -0.1) is 0 Å². The van der Waals surface area contributed by atoms with Gasteiger partial charge in [0.2, 0.25) is 11.9 Å². The average molecular weight is 437 g/mol. The maximum Gasteiger partial charge on any atom is 0.321 e. The molecule has 168 valence electrons. The van der Waals surface area contributed by atoms with E-state index in [0.29, 0.717) is 31.3 Å². The number of para-hydroxylation sites is 2. The summed E-state index contributed by atoms with van der Waals surface area (Å²) in [5.41, 5.74) is 2.41. The number of nitrogens with zero attached hydrogens (tertiary/aromatic N) is 3. The first-order valence-corrected chi connectivity index (χ1v) is 10.7. The van der Waals surface area contributed by atoms with E-state index < -0.39 is 17.9 Å². The summed E-state index contributed by atoms with van der Waals surface area (Å²) >= 11 is 0. The molecule has 8 nitrogen and oxygen atoms in total. The second-order valence-corrected chi connectivity index (χ2v) is 7.55. The fourth-order valence-electron chi connectivity index (χ4n) is 4.23. The largest absolute Gasteiger partial charge is 0.497 e. The summed E-state index contributed by atoms with van der Waals surface area (Å²) in [5, 5.41) is 0. The molecule has 0 aliphatic carbocycles. The van der Waals surface area contributed by atoms with Crippen LogP contribution in [0.5, 0.6) is 5.75 Å². The summed E-state index contributed by atoms with van der Waals surface area (Å²) in [6.07, 6.45) is 0.619. The van der Waals surface area contributed by atoms with E-state index in [1.54, 1.807) is 26.0 Å². The summed E-state index contributed by atoms with van der Waals surface area (Å²) < 4.78 is 17.8. The highest BCUT2D eigenvalue weighted by atomic mass is 16.5. The van der Waals surface area contributed by atoms with E-state index in [1.807, 2.05) is 53.1 Å². The number of ether oxygens (including phenoxy) is 3. The Morgan fingerprint density at radius 3 is 2.53 bits per heavy atom. The minimum Gasteiger partial charge on any atom is -0.497 e. The molecule has 32 heavy (non-hydrogen) atoms. The zero-order valence-corrected chi connectivity index (χ0v) is 18.5. The van der Waals surface area contributed by atoms with Crippen LogP contribution < -0.4 is 9.64 Å². The van der Waals surface area contributed by atoms with Crippen molar-refractivity contribution in [2.75, 3.05) is 38.9 Å². The van der Waals surface area contributed by atoms with E-state index >= 15 is 0 Å². The normalized spacial score (nSPS) is 18.0. The van der Waals surface area contributed by atoms with Crippen molar-refractivity contribution >= 4 is 28.9 Å². The Morgan fingerprint density at radius 2 is 1.84 bits per heavy atom. The molecule has 8 heteroatoms. The van der Waals surface area contributed by atoms with Gasteiger partial charge in [-0.05, 0) is 43.2 Å². The van der Waals surface area contributed by atoms with Crippen molar-refractivity contribution in [1.29, 1.82) is 0 Å². The average Bonchev–Trinajstić information content (AvgIpc) is 3.19. The van der Waals surface area contributed by atoms with Crippen molar-refractivity contribution in [1.82, 2.24) is 9.55 Å². The number of anilines is 1. The number of hydrogen-bond acceptors (Lipinski definition) is 6. The lowest BCUT2D eigenvalue weighted by atomic mass is 9.89. The number of carbonyl (C=O) groups excluding carboxylic acids is 2. The van der Waals surface area contributed by atoms with E-state index in [-0.39, 0.29) is 12.5 Å². The van der Waals surface area contributed by atoms with Crippen LogP contribution in [0.3, 0.4) is 0 Å². The molecule has 2 aromatic carbocycles. The lowest BCUT2D eigenvalue weighted by Gasteiger charge is -2.38. The molecule has 1 aliphatic rings. The predicted molar refractivity (Wildman–Crippen MR) is 120 cm³/mol. The van der Waals surface area contributed by atoms with E-state index in [4.69, 9.17) is 19.2 Å². The van der Waals surface area contributed by atoms with Crippen molar-refractivity contribution in [3.63, 3.8) is 0 Å². The molecule has 4 rings (SSSR count). The third-order valence-electron chi connectivity index (χ3n) is 5.67. The second-order valence-electron chi connectivity index (χ2n) is 7.55. The molecule has 2 atom stereocenters. The standard InChI is InChI=1S/C24H27N3O5/c1-4-32-23(29)20-21(16-10-12-17(31-3)13-11-16)27-19-9-6-5-8-18(19)25-24(27)26(22(20)28)14-7-15-30-2/h5-6,8-13,20-21H,4,7,14-15H2,1-3H3/t20-,21-/m1/s1. The van der Waals surface area contributed by atoms with Gasteiger partial charge in [-0.1, -0.05) is 24.3 Å². The van der Waals surface area contributed by atoms with Gasteiger partial charge in [0.1, 0.15) is 5.75 Å². The first-order valence-electron chi connectivity index (χ1n) is 10.7. The Balaban J connectivity index is 1.92. The number of amides is 1. The zero-order valence-electron chi connectivity index (χ0n) is 18.5. The fourth-order valence-corrected chi connectivity index (χ4v) is 4.23. The Hall–Kier alpha value is -3.39. The molecule has 1 amide bonds. The third-order valence-corrected chi connectivity index (χ3v) is 5.67. The lowest BCUT2D eigenvalue weighted by Crippen LogP contribution is -2.50. The van der Waals surface area contributed by atoms with Gasteiger partial charge in [0.05, 0.1) is 30.8 Å². The molecule has 0 saturated heterocycles. The molecule has 1 aliphatic heterocycles. The third kappa shape index (κ3) is 3.82. The summed E-state index contributed by atoms with van der Waals surface area (Å²) in [4.78, 5) is 33.1. The smallest absolute Gasteiger partial charge is 0.321 e. The van der Waals surface area contributed by atoms with Gasteiger partial charge >= 0.3 is 5.97 Å². The summed E-state index contributed by atoms with van der Waals surface area (Å²) in [6.45, 7) is 2.82. The second kappa shape index (κ2) is 9.40. The minimum atomic E-state index is -1.03. The van der Waals surface area contributed by atoms with Gasteiger partial charge < -0.3 is 18.8 Å². The van der Waals surface area contributed by atoms with Gasteiger partial charge in [-0.2, -0.15) is 0 Å². The quantitative estimate of drug-likeness (QED) is 0.306. The van der Waals surface area contributed by atoms with Gasteiger partial charge in [-0.3, -0.25) is 14.5 Å². The molecular formula is C24H27N3O5. The molecular weight excluding hydrogens is 410 g/mol. The highest BCUT2D eigenvalue weighted by molar-refractivity contribution is 6.08. The van der Waals surface area contributed by atoms with Crippen LogP contribution in [0.25, 0.3) is 11.0 Å². The summed E-state index contributed by atoms with van der Waals surface area (Å²) in [5.74, 6) is -0.674. The summed E-state index contributed by atoms with van der Waals surface area (Å²) in [6, 6.07) is 14.5. The number of fused-ring (bicyclic) bond motifs is 3. The van der Waals surface area contributed by atoms with Crippen LogP contribution in [0.1, 0.15) is 24.9 Å². The van der Waals surface area contributed by atoms with Crippen molar-refractivity contribution in [2.24, 2.45) is 5.92 Å².